The molecule has 1 atom stereocenters. The van der Waals surface area contributed by atoms with Crippen LogP contribution in [0.25, 0.3) is 0 Å². The van der Waals surface area contributed by atoms with Gasteiger partial charge in [0.15, 0.2) is 0 Å². The molecule has 0 bridgehead atoms. The van der Waals surface area contributed by atoms with E-state index in [1.165, 1.54) is 11.5 Å². The number of cyclic esters (lactones) is 2. The van der Waals surface area contributed by atoms with Crippen molar-refractivity contribution in [3.8, 4) is 0 Å². The average Bonchev–Trinajstić information content (AvgIpc) is 2.17. The number of carbonyl (C=O) groups excluding carboxylic acids is 2. The van der Waals surface area contributed by atoms with E-state index in [4.69, 9.17) is 0 Å². The molecule has 4 nitrogen and oxygen atoms in total. The summed E-state index contributed by atoms with van der Waals surface area (Å²) in [5.41, 5.74) is 0. The Morgan fingerprint density at radius 2 is 2.00 bits per heavy atom. The average molecular weight is 247 g/mol. The molecule has 0 spiro atoms. The minimum atomic E-state index is -0.417. The summed E-state index contributed by atoms with van der Waals surface area (Å²) >= 11 is 3.88. The lowest BCUT2D eigenvalue weighted by Gasteiger charge is -2.29. The van der Waals surface area contributed by atoms with E-state index >= 15 is 0 Å². The number of rotatable bonds is 2. The lowest BCUT2D eigenvalue weighted by molar-refractivity contribution is -0.166. The molecule has 0 N–H and O–H groups in total. The van der Waals surface area contributed by atoms with Crippen LogP contribution in [0.2, 0.25) is 0 Å². The SMILES string of the molecule is O=C1CN(CC2CSCCS2)CC(=O)O1. The van der Waals surface area contributed by atoms with Crippen molar-refractivity contribution >= 4 is 35.5 Å². The minimum Gasteiger partial charge on any atom is -0.391 e. The predicted molar refractivity (Wildman–Crippen MR) is 61.1 cm³/mol. The molecule has 2 heterocycles. The van der Waals surface area contributed by atoms with Crippen molar-refractivity contribution in [2.24, 2.45) is 0 Å². The van der Waals surface area contributed by atoms with Gasteiger partial charge in [0.2, 0.25) is 0 Å². The number of hydrogen-bond acceptors (Lipinski definition) is 6. The van der Waals surface area contributed by atoms with E-state index in [1.54, 1.807) is 0 Å². The lowest BCUT2D eigenvalue weighted by atomic mass is 10.3. The van der Waals surface area contributed by atoms with Crippen LogP contribution in [0.3, 0.4) is 0 Å². The molecule has 0 aliphatic carbocycles. The van der Waals surface area contributed by atoms with Crippen LogP contribution < -0.4 is 0 Å². The fourth-order valence-electron chi connectivity index (χ4n) is 1.67. The normalized spacial score (nSPS) is 28.9. The Morgan fingerprint density at radius 3 is 2.60 bits per heavy atom. The molecule has 6 heteroatoms. The van der Waals surface area contributed by atoms with Crippen molar-refractivity contribution in [1.29, 1.82) is 0 Å². The van der Waals surface area contributed by atoms with Crippen molar-refractivity contribution in [3.63, 3.8) is 0 Å². The molecule has 0 saturated carbocycles. The summed E-state index contributed by atoms with van der Waals surface area (Å²) in [4.78, 5) is 23.9. The fraction of sp³-hybridized carbons (Fsp3) is 0.778. The van der Waals surface area contributed by atoms with E-state index in [9.17, 15) is 9.59 Å². The summed E-state index contributed by atoms with van der Waals surface area (Å²) in [5, 5.41) is 0.544. The molecule has 2 aliphatic heterocycles. The van der Waals surface area contributed by atoms with E-state index in [-0.39, 0.29) is 13.1 Å². The Bertz CT molecular complexity index is 250. The molecule has 2 fully saturated rings. The van der Waals surface area contributed by atoms with Crippen LogP contribution in [0.1, 0.15) is 0 Å². The van der Waals surface area contributed by atoms with Gasteiger partial charge in [0.1, 0.15) is 0 Å². The van der Waals surface area contributed by atoms with Gasteiger partial charge in [0.25, 0.3) is 0 Å². The standard InChI is InChI=1S/C9H13NO3S2/c11-8-4-10(5-9(12)13-8)3-7-6-14-1-2-15-7/h7H,1-6H2. The Balaban J connectivity index is 1.82. The third kappa shape index (κ3) is 3.39. The molecule has 15 heavy (non-hydrogen) atoms. The van der Waals surface area contributed by atoms with Crippen LogP contribution in [0.15, 0.2) is 0 Å². The van der Waals surface area contributed by atoms with Gasteiger partial charge in [-0.25, -0.2) is 0 Å². The first-order valence-electron chi connectivity index (χ1n) is 4.89. The van der Waals surface area contributed by atoms with Crippen LogP contribution in [0, 0.1) is 0 Å². The van der Waals surface area contributed by atoms with E-state index in [0.717, 1.165) is 12.3 Å². The van der Waals surface area contributed by atoms with Crippen molar-refractivity contribution in [2.75, 3.05) is 36.9 Å². The second-order valence-corrected chi connectivity index (χ2v) is 6.14. The zero-order valence-corrected chi connectivity index (χ0v) is 9.94. The number of esters is 2. The molecule has 0 radical (unpaired) electrons. The first-order valence-corrected chi connectivity index (χ1v) is 7.09. The highest BCUT2D eigenvalue weighted by molar-refractivity contribution is 8.06. The van der Waals surface area contributed by atoms with Gasteiger partial charge in [-0.1, -0.05) is 0 Å². The maximum absolute atomic E-state index is 11.0. The van der Waals surface area contributed by atoms with E-state index in [0.29, 0.717) is 5.25 Å². The largest absolute Gasteiger partial charge is 0.391 e. The van der Waals surface area contributed by atoms with E-state index < -0.39 is 11.9 Å². The van der Waals surface area contributed by atoms with Crippen molar-refractivity contribution < 1.29 is 14.3 Å². The summed E-state index contributed by atoms with van der Waals surface area (Å²) in [6.07, 6.45) is 0. The fourth-order valence-corrected chi connectivity index (χ4v) is 4.39. The second-order valence-electron chi connectivity index (χ2n) is 3.58. The number of hydrogen-bond donors (Lipinski definition) is 0. The molecule has 0 amide bonds. The zero-order valence-electron chi connectivity index (χ0n) is 8.31. The van der Waals surface area contributed by atoms with Crippen LogP contribution >= 0.6 is 23.5 Å². The van der Waals surface area contributed by atoms with Gasteiger partial charge in [-0.3, -0.25) is 14.5 Å². The molecule has 0 aromatic rings. The van der Waals surface area contributed by atoms with Gasteiger partial charge in [-0.2, -0.15) is 23.5 Å². The summed E-state index contributed by atoms with van der Waals surface area (Å²) < 4.78 is 4.47. The number of carbonyl (C=O) groups is 2. The molecular weight excluding hydrogens is 234 g/mol. The van der Waals surface area contributed by atoms with Crippen molar-refractivity contribution in [3.05, 3.63) is 0 Å². The molecule has 1 unspecified atom stereocenters. The van der Waals surface area contributed by atoms with Gasteiger partial charge < -0.3 is 4.74 Å². The molecule has 2 rings (SSSR count). The molecule has 0 aromatic heterocycles. The zero-order chi connectivity index (χ0) is 10.7. The van der Waals surface area contributed by atoms with Gasteiger partial charge in [-0.05, 0) is 0 Å². The van der Waals surface area contributed by atoms with E-state index in [2.05, 4.69) is 4.74 Å². The second kappa shape index (κ2) is 5.23. The maximum atomic E-state index is 11.0. The highest BCUT2D eigenvalue weighted by Crippen LogP contribution is 2.24. The van der Waals surface area contributed by atoms with Crippen LogP contribution in [0.5, 0.6) is 0 Å². The predicted octanol–water partition coefficient (Wildman–Crippen LogP) is 0.220. The number of nitrogens with zero attached hydrogens (tertiary/aromatic N) is 1. The highest BCUT2D eigenvalue weighted by atomic mass is 32.2. The topological polar surface area (TPSA) is 46.6 Å². The van der Waals surface area contributed by atoms with Crippen LogP contribution in [-0.2, 0) is 14.3 Å². The van der Waals surface area contributed by atoms with Gasteiger partial charge >= 0.3 is 11.9 Å². The summed E-state index contributed by atoms with van der Waals surface area (Å²) in [6, 6.07) is 0. The Kier molecular flexibility index (Phi) is 3.93. The number of morpholine rings is 1. The summed E-state index contributed by atoms with van der Waals surface area (Å²) in [7, 11) is 0. The smallest absolute Gasteiger partial charge is 0.327 e. The van der Waals surface area contributed by atoms with Crippen molar-refractivity contribution in [1.82, 2.24) is 4.90 Å². The first kappa shape index (κ1) is 11.3. The summed E-state index contributed by atoms with van der Waals surface area (Å²) in [5.74, 6) is 2.66. The molecule has 2 aliphatic rings. The lowest BCUT2D eigenvalue weighted by Crippen LogP contribution is -2.46. The number of thioether (sulfide) groups is 2. The third-order valence-electron chi connectivity index (χ3n) is 2.28. The molecule has 0 aromatic carbocycles. The minimum absolute atomic E-state index is 0.257. The Morgan fingerprint density at radius 1 is 1.27 bits per heavy atom. The van der Waals surface area contributed by atoms with Gasteiger partial charge in [-0.15, -0.1) is 0 Å². The third-order valence-corrected chi connectivity index (χ3v) is 5.11. The van der Waals surface area contributed by atoms with Gasteiger partial charge in [0, 0.05) is 29.1 Å². The van der Waals surface area contributed by atoms with Gasteiger partial charge in [0.05, 0.1) is 13.1 Å². The maximum Gasteiger partial charge on any atom is 0.327 e. The Labute approximate surface area is 97.1 Å². The van der Waals surface area contributed by atoms with E-state index in [1.807, 2.05) is 28.4 Å². The molecule has 2 saturated heterocycles. The molecule has 84 valence electrons. The van der Waals surface area contributed by atoms with Crippen LogP contribution in [0.4, 0.5) is 0 Å². The number of ether oxygens (including phenoxy) is 1. The highest BCUT2D eigenvalue weighted by Gasteiger charge is 2.27. The quantitative estimate of drug-likeness (QED) is 0.514. The van der Waals surface area contributed by atoms with Crippen LogP contribution in [-0.4, -0.2) is 59.0 Å². The van der Waals surface area contributed by atoms with Crippen molar-refractivity contribution in [2.45, 2.75) is 5.25 Å². The summed E-state index contributed by atoms with van der Waals surface area (Å²) in [6.45, 7) is 1.33. The monoisotopic (exact) mass is 247 g/mol. The Hall–Kier alpha value is -0.200. The molecular formula is C9H13NO3S2. The first-order chi connectivity index (χ1) is 7.24.